The largest absolute Gasteiger partial charge is 0.493 e. The Morgan fingerprint density at radius 1 is 1.21 bits per heavy atom. The van der Waals surface area contributed by atoms with E-state index in [0.29, 0.717) is 17.1 Å². The SMILES string of the molecule is COc1cc(C=C(C#N)C#N)ccc1OCc1c(F)cccc1Cl. The molecule has 120 valence electrons. The van der Waals surface area contributed by atoms with E-state index in [-0.39, 0.29) is 22.8 Å². The van der Waals surface area contributed by atoms with Gasteiger partial charge >= 0.3 is 0 Å². The molecule has 0 aliphatic heterocycles. The second kappa shape index (κ2) is 8.01. The molecule has 0 aliphatic rings. The van der Waals surface area contributed by atoms with Crippen LogP contribution in [0.2, 0.25) is 5.02 Å². The Balaban J connectivity index is 2.24. The first-order valence-corrected chi connectivity index (χ1v) is 7.22. The van der Waals surface area contributed by atoms with Gasteiger partial charge in [0, 0.05) is 5.56 Å². The highest BCUT2D eigenvalue weighted by molar-refractivity contribution is 6.31. The van der Waals surface area contributed by atoms with Gasteiger partial charge in [0.1, 0.15) is 30.1 Å². The van der Waals surface area contributed by atoms with Crippen LogP contribution >= 0.6 is 11.6 Å². The minimum Gasteiger partial charge on any atom is -0.493 e. The number of nitrogens with zero attached hydrogens (tertiary/aromatic N) is 2. The lowest BCUT2D eigenvalue weighted by Gasteiger charge is -2.12. The summed E-state index contributed by atoms with van der Waals surface area (Å²) in [6.07, 6.45) is 1.43. The molecule has 0 saturated heterocycles. The fourth-order valence-corrected chi connectivity index (χ4v) is 2.19. The average molecular weight is 343 g/mol. The molecule has 0 bridgehead atoms. The molecule has 0 fully saturated rings. The number of hydrogen-bond donors (Lipinski definition) is 0. The molecule has 2 aromatic rings. The van der Waals surface area contributed by atoms with Gasteiger partial charge < -0.3 is 9.47 Å². The third-order valence-corrected chi connectivity index (χ3v) is 3.53. The van der Waals surface area contributed by atoms with Crippen molar-refractivity contribution in [2.75, 3.05) is 7.11 Å². The van der Waals surface area contributed by atoms with Crippen molar-refractivity contribution >= 4 is 17.7 Å². The maximum absolute atomic E-state index is 13.8. The molecule has 0 aromatic heterocycles. The third-order valence-electron chi connectivity index (χ3n) is 3.17. The van der Waals surface area contributed by atoms with E-state index in [1.165, 1.54) is 25.3 Å². The molecular formula is C18H12ClFN2O2. The number of ether oxygens (including phenoxy) is 2. The predicted octanol–water partition coefficient (Wildman–Crippen LogP) is 4.50. The summed E-state index contributed by atoms with van der Waals surface area (Å²) in [5.74, 6) is 0.338. The normalized spacial score (nSPS) is 9.54. The van der Waals surface area contributed by atoms with Crippen LogP contribution in [0.1, 0.15) is 11.1 Å². The fraction of sp³-hybridized carbons (Fsp3) is 0.111. The molecule has 0 spiro atoms. The predicted molar refractivity (Wildman–Crippen MR) is 87.9 cm³/mol. The first-order valence-electron chi connectivity index (χ1n) is 6.84. The molecule has 4 nitrogen and oxygen atoms in total. The summed E-state index contributed by atoms with van der Waals surface area (Å²) in [7, 11) is 1.46. The van der Waals surface area contributed by atoms with Crippen molar-refractivity contribution in [3.05, 3.63) is 63.9 Å². The van der Waals surface area contributed by atoms with E-state index in [1.54, 1.807) is 36.4 Å². The molecule has 6 heteroatoms. The van der Waals surface area contributed by atoms with Gasteiger partial charge in [0.2, 0.25) is 0 Å². The van der Waals surface area contributed by atoms with E-state index in [1.807, 2.05) is 0 Å². The van der Waals surface area contributed by atoms with Crippen molar-refractivity contribution in [1.29, 1.82) is 10.5 Å². The number of nitriles is 2. The van der Waals surface area contributed by atoms with Gasteiger partial charge in [0.25, 0.3) is 0 Å². The van der Waals surface area contributed by atoms with E-state index in [9.17, 15) is 4.39 Å². The van der Waals surface area contributed by atoms with Gasteiger partial charge in [-0.05, 0) is 35.9 Å². The summed E-state index contributed by atoms with van der Waals surface area (Å²) in [6, 6.07) is 12.9. The van der Waals surface area contributed by atoms with Crippen LogP contribution in [0.3, 0.4) is 0 Å². The maximum atomic E-state index is 13.8. The number of rotatable bonds is 5. The molecule has 0 saturated carbocycles. The van der Waals surface area contributed by atoms with Crippen LogP contribution in [0.15, 0.2) is 42.0 Å². The van der Waals surface area contributed by atoms with Gasteiger partial charge in [0.15, 0.2) is 11.5 Å². The van der Waals surface area contributed by atoms with E-state index < -0.39 is 5.82 Å². The lowest BCUT2D eigenvalue weighted by atomic mass is 10.1. The van der Waals surface area contributed by atoms with Crippen molar-refractivity contribution < 1.29 is 13.9 Å². The highest BCUT2D eigenvalue weighted by Crippen LogP contribution is 2.30. The van der Waals surface area contributed by atoms with Crippen molar-refractivity contribution in [2.45, 2.75) is 6.61 Å². The van der Waals surface area contributed by atoms with Crippen LogP contribution in [0.5, 0.6) is 11.5 Å². The Hall–Kier alpha value is -3.02. The Kier molecular flexibility index (Phi) is 5.78. The highest BCUT2D eigenvalue weighted by Gasteiger charge is 2.10. The van der Waals surface area contributed by atoms with Crippen LogP contribution in [-0.2, 0) is 6.61 Å². The molecule has 0 heterocycles. The van der Waals surface area contributed by atoms with Crippen LogP contribution in [0, 0.1) is 28.5 Å². The van der Waals surface area contributed by atoms with Crippen LogP contribution in [-0.4, -0.2) is 7.11 Å². The summed E-state index contributed by atoms with van der Waals surface area (Å²) in [6.45, 7) is -0.0569. The Morgan fingerprint density at radius 2 is 1.96 bits per heavy atom. The van der Waals surface area contributed by atoms with E-state index in [2.05, 4.69) is 0 Å². The summed E-state index contributed by atoms with van der Waals surface area (Å²) in [4.78, 5) is 0. The molecule has 0 unspecified atom stereocenters. The Bertz CT molecular complexity index is 830. The highest BCUT2D eigenvalue weighted by atomic mass is 35.5. The molecule has 0 aliphatic carbocycles. The van der Waals surface area contributed by atoms with Gasteiger partial charge in [-0.3, -0.25) is 0 Å². The first-order chi connectivity index (χ1) is 11.6. The zero-order valence-corrected chi connectivity index (χ0v) is 13.5. The van der Waals surface area contributed by atoms with Gasteiger partial charge in [-0.15, -0.1) is 0 Å². The van der Waals surface area contributed by atoms with Crippen LogP contribution in [0.4, 0.5) is 4.39 Å². The molecule has 0 amide bonds. The molecule has 0 N–H and O–H groups in total. The Morgan fingerprint density at radius 3 is 2.58 bits per heavy atom. The van der Waals surface area contributed by atoms with Gasteiger partial charge in [-0.1, -0.05) is 23.7 Å². The summed E-state index contributed by atoms with van der Waals surface area (Å²) in [5, 5.41) is 17.9. The molecular weight excluding hydrogens is 331 g/mol. The molecule has 0 radical (unpaired) electrons. The lowest BCUT2D eigenvalue weighted by Crippen LogP contribution is -2.01. The molecule has 2 aromatic carbocycles. The average Bonchev–Trinajstić information content (AvgIpc) is 2.59. The van der Waals surface area contributed by atoms with Crippen molar-refractivity contribution in [3.8, 4) is 23.6 Å². The smallest absolute Gasteiger partial charge is 0.161 e. The molecule has 24 heavy (non-hydrogen) atoms. The van der Waals surface area contributed by atoms with E-state index in [4.69, 9.17) is 31.6 Å². The van der Waals surface area contributed by atoms with Gasteiger partial charge in [0.05, 0.1) is 12.1 Å². The number of halogens is 2. The number of allylic oxidation sites excluding steroid dienone is 1. The van der Waals surface area contributed by atoms with Crippen molar-refractivity contribution in [2.24, 2.45) is 0 Å². The quantitative estimate of drug-likeness (QED) is 0.750. The first kappa shape index (κ1) is 17.3. The summed E-state index contributed by atoms with van der Waals surface area (Å²) < 4.78 is 24.6. The number of hydrogen-bond acceptors (Lipinski definition) is 4. The molecule has 0 atom stereocenters. The van der Waals surface area contributed by atoms with Crippen molar-refractivity contribution in [3.63, 3.8) is 0 Å². The minimum absolute atomic E-state index is 0.0242. The zero-order chi connectivity index (χ0) is 17.5. The van der Waals surface area contributed by atoms with Crippen molar-refractivity contribution in [1.82, 2.24) is 0 Å². The zero-order valence-electron chi connectivity index (χ0n) is 12.7. The topological polar surface area (TPSA) is 66.0 Å². The second-order valence-corrected chi connectivity index (χ2v) is 5.09. The second-order valence-electron chi connectivity index (χ2n) is 4.68. The number of benzene rings is 2. The van der Waals surface area contributed by atoms with Gasteiger partial charge in [-0.25, -0.2) is 4.39 Å². The van der Waals surface area contributed by atoms with E-state index in [0.717, 1.165) is 0 Å². The minimum atomic E-state index is -0.450. The van der Waals surface area contributed by atoms with Crippen LogP contribution < -0.4 is 9.47 Å². The summed E-state index contributed by atoms with van der Waals surface area (Å²) >= 11 is 5.96. The molecule has 2 rings (SSSR count). The maximum Gasteiger partial charge on any atom is 0.161 e. The standard InChI is InChI=1S/C18H12ClFN2O2/c1-23-18-8-12(7-13(9-21)10-22)5-6-17(18)24-11-14-15(19)3-2-4-16(14)20/h2-8H,11H2,1H3. The van der Waals surface area contributed by atoms with Crippen LogP contribution in [0.25, 0.3) is 6.08 Å². The van der Waals surface area contributed by atoms with Gasteiger partial charge in [-0.2, -0.15) is 10.5 Å². The fourth-order valence-electron chi connectivity index (χ4n) is 1.97. The monoisotopic (exact) mass is 342 g/mol. The Labute approximate surface area is 143 Å². The summed E-state index contributed by atoms with van der Waals surface area (Å²) in [5.41, 5.74) is 0.839. The third kappa shape index (κ3) is 4.04. The number of methoxy groups -OCH3 is 1. The van der Waals surface area contributed by atoms with E-state index >= 15 is 0 Å². The lowest BCUT2D eigenvalue weighted by molar-refractivity contribution is 0.280.